The van der Waals surface area contributed by atoms with Gasteiger partial charge in [-0.2, -0.15) is 0 Å². The Hall–Kier alpha value is -2.47. The van der Waals surface area contributed by atoms with Crippen LogP contribution >= 0.6 is 0 Å². The van der Waals surface area contributed by atoms with E-state index in [4.69, 9.17) is 0 Å². The van der Waals surface area contributed by atoms with E-state index in [2.05, 4.69) is 55.4 Å². The molecule has 1 aromatic heterocycles. The van der Waals surface area contributed by atoms with Crippen LogP contribution in [0.3, 0.4) is 0 Å². The quantitative estimate of drug-likeness (QED) is 0.903. The highest BCUT2D eigenvalue weighted by atomic mass is 16.1. The number of anilines is 1. The predicted octanol–water partition coefficient (Wildman–Crippen LogP) is 1.44. The molecule has 26 heavy (non-hydrogen) atoms. The van der Waals surface area contributed by atoms with E-state index in [0.29, 0.717) is 18.1 Å². The number of amides is 1. The molecule has 0 atom stereocenters. The molecule has 0 spiro atoms. The van der Waals surface area contributed by atoms with Crippen molar-refractivity contribution in [3.05, 3.63) is 53.0 Å². The number of aryl methyl sites for hydroxylation is 1. The van der Waals surface area contributed by atoms with Crippen molar-refractivity contribution in [2.24, 2.45) is 0 Å². The summed E-state index contributed by atoms with van der Waals surface area (Å²) in [5, 5.41) is 2.88. The van der Waals surface area contributed by atoms with E-state index in [-0.39, 0.29) is 5.91 Å². The van der Waals surface area contributed by atoms with Crippen LogP contribution in [0.5, 0.6) is 0 Å². The number of carbonyl (C=O) groups excluding carboxylic acids is 1. The minimum Gasteiger partial charge on any atom is -0.354 e. The minimum atomic E-state index is -0.0699. The second-order valence-electron chi connectivity index (χ2n) is 6.99. The SMILES string of the molecule is Cc1nc2c(c(N3CCN(CCc4ccccc4)CC3)n1)CCNC2=O. The van der Waals surface area contributed by atoms with Gasteiger partial charge in [-0.1, -0.05) is 30.3 Å². The lowest BCUT2D eigenvalue weighted by Crippen LogP contribution is -2.48. The van der Waals surface area contributed by atoms with Gasteiger partial charge in [0.2, 0.25) is 0 Å². The van der Waals surface area contributed by atoms with Gasteiger partial charge in [-0.05, 0) is 25.3 Å². The van der Waals surface area contributed by atoms with Crippen LogP contribution in [0.2, 0.25) is 0 Å². The summed E-state index contributed by atoms with van der Waals surface area (Å²) in [5.41, 5.74) is 2.96. The maximum atomic E-state index is 12.1. The van der Waals surface area contributed by atoms with Gasteiger partial charge in [0, 0.05) is 44.8 Å². The van der Waals surface area contributed by atoms with Crippen molar-refractivity contribution < 1.29 is 4.79 Å². The first kappa shape index (κ1) is 17.0. The fourth-order valence-electron chi connectivity index (χ4n) is 3.76. The van der Waals surface area contributed by atoms with Gasteiger partial charge in [-0.3, -0.25) is 9.69 Å². The number of carbonyl (C=O) groups is 1. The van der Waals surface area contributed by atoms with Crippen LogP contribution in [0.15, 0.2) is 30.3 Å². The molecule has 1 amide bonds. The molecular weight excluding hydrogens is 326 g/mol. The number of hydrogen-bond donors (Lipinski definition) is 1. The molecule has 0 radical (unpaired) electrons. The molecule has 2 aromatic rings. The van der Waals surface area contributed by atoms with E-state index in [1.165, 1.54) is 5.56 Å². The van der Waals surface area contributed by atoms with E-state index in [0.717, 1.165) is 56.9 Å². The number of nitrogens with one attached hydrogen (secondary N) is 1. The van der Waals surface area contributed by atoms with Crippen LogP contribution in [0.1, 0.15) is 27.4 Å². The first-order valence-electron chi connectivity index (χ1n) is 9.37. The molecule has 1 aromatic carbocycles. The Kier molecular flexibility index (Phi) is 4.84. The smallest absolute Gasteiger partial charge is 0.270 e. The number of aromatic nitrogens is 2. The lowest BCUT2D eigenvalue weighted by Gasteiger charge is -2.37. The molecule has 1 fully saturated rings. The monoisotopic (exact) mass is 351 g/mol. The number of benzene rings is 1. The van der Waals surface area contributed by atoms with Crippen LogP contribution in [0.4, 0.5) is 5.82 Å². The first-order chi connectivity index (χ1) is 12.7. The largest absolute Gasteiger partial charge is 0.354 e. The average Bonchev–Trinajstić information content (AvgIpc) is 2.68. The van der Waals surface area contributed by atoms with Gasteiger partial charge in [0.15, 0.2) is 0 Å². The second-order valence-corrected chi connectivity index (χ2v) is 6.99. The summed E-state index contributed by atoms with van der Waals surface area (Å²) >= 11 is 0. The molecule has 0 saturated carbocycles. The summed E-state index contributed by atoms with van der Waals surface area (Å²) in [6.07, 6.45) is 1.90. The predicted molar refractivity (Wildman–Crippen MR) is 102 cm³/mol. The number of piperazine rings is 1. The lowest BCUT2D eigenvalue weighted by molar-refractivity contribution is 0.0940. The average molecular weight is 351 g/mol. The van der Waals surface area contributed by atoms with Gasteiger partial charge in [-0.15, -0.1) is 0 Å². The maximum Gasteiger partial charge on any atom is 0.270 e. The molecule has 2 aliphatic heterocycles. The highest BCUT2D eigenvalue weighted by Gasteiger charge is 2.27. The zero-order chi connectivity index (χ0) is 17.9. The van der Waals surface area contributed by atoms with Crippen LogP contribution in [-0.4, -0.2) is 60.0 Å². The van der Waals surface area contributed by atoms with Crippen LogP contribution < -0.4 is 10.2 Å². The van der Waals surface area contributed by atoms with Crippen LogP contribution in [0, 0.1) is 6.92 Å². The van der Waals surface area contributed by atoms with Crippen molar-refractivity contribution in [2.75, 3.05) is 44.2 Å². The number of rotatable bonds is 4. The standard InChI is InChI=1S/C20H25N5O/c1-15-22-18-17(7-9-21-20(18)26)19(23-15)25-13-11-24(12-14-25)10-8-16-5-3-2-4-6-16/h2-6H,7-14H2,1H3,(H,21,26). The van der Waals surface area contributed by atoms with Crippen LogP contribution in [-0.2, 0) is 12.8 Å². The molecule has 0 bridgehead atoms. The summed E-state index contributed by atoms with van der Waals surface area (Å²) < 4.78 is 0. The third-order valence-corrected chi connectivity index (χ3v) is 5.20. The van der Waals surface area contributed by atoms with E-state index < -0.39 is 0 Å². The summed E-state index contributed by atoms with van der Waals surface area (Å²) in [7, 11) is 0. The van der Waals surface area contributed by atoms with E-state index >= 15 is 0 Å². The van der Waals surface area contributed by atoms with Crippen molar-refractivity contribution in [1.82, 2.24) is 20.2 Å². The Morgan fingerprint density at radius 2 is 1.85 bits per heavy atom. The molecule has 2 aliphatic rings. The minimum absolute atomic E-state index is 0.0699. The van der Waals surface area contributed by atoms with Crippen molar-refractivity contribution in [3.8, 4) is 0 Å². The lowest BCUT2D eigenvalue weighted by atomic mass is 10.1. The van der Waals surface area contributed by atoms with Crippen molar-refractivity contribution in [3.63, 3.8) is 0 Å². The van der Waals surface area contributed by atoms with Gasteiger partial charge >= 0.3 is 0 Å². The summed E-state index contributed by atoms with van der Waals surface area (Å²) in [6, 6.07) is 10.6. The maximum absolute atomic E-state index is 12.1. The zero-order valence-corrected chi connectivity index (χ0v) is 15.2. The third-order valence-electron chi connectivity index (χ3n) is 5.20. The van der Waals surface area contributed by atoms with Crippen molar-refractivity contribution >= 4 is 11.7 Å². The molecule has 0 aliphatic carbocycles. The molecule has 1 saturated heterocycles. The Morgan fingerprint density at radius 3 is 2.62 bits per heavy atom. The number of fused-ring (bicyclic) bond motifs is 1. The fourth-order valence-corrected chi connectivity index (χ4v) is 3.76. The molecule has 1 N–H and O–H groups in total. The fraction of sp³-hybridized carbons (Fsp3) is 0.450. The summed E-state index contributed by atoms with van der Waals surface area (Å²) in [5.74, 6) is 1.56. The van der Waals surface area contributed by atoms with Gasteiger partial charge < -0.3 is 10.2 Å². The molecule has 136 valence electrons. The van der Waals surface area contributed by atoms with Crippen molar-refractivity contribution in [2.45, 2.75) is 19.8 Å². The highest BCUT2D eigenvalue weighted by molar-refractivity contribution is 5.96. The molecule has 6 heteroatoms. The van der Waals surface area contributed by atoms with Crippen molar-refractivity contribution in [1.29, 1.82) is 0 Å². The highest BCUT2D eigenvalue weighted by Crippen LogP contribution is 2.25. The van der Waals surface area contributed by atoms with Gasteiger partial charge in [0.05, 0.1) is 0 Å². The zero-order valence-electron chi connectivity index (χ0n) is 15.2. The molecular formula is C20H25N5O. The third kappa shape index (κ3) is 3.55. The first-order valence-corrected chi connectivity index (χ1v) is 9.37. The molecule has 0 unspecified atom stereocenters. The number of hydrogen-bond acceptors (Lipinski definition) is 5. The van der Waals surface area contributed by atoms with Gasteiger partial charge in [0.1, 0.15) is 17.3 Å². The van der Waals surface area contributed by atoms with Gasteiger partial charge in [0.25, 0.3) is 5.91 Å². The Balaban J connectivity index is 1.41. The Labute approximate surface area is 154 Å². The van der Waals surface area contributed by atoms with E-state index in [1.807, 2.05) is 6.92 Å². The second kappa shape index (κ2) is 7.41. The summed E-state index contributed by atoms with van der Waals surface area (Å²) in [6.45, 7) is 7.55. The Morgan fingerprint density at radius 1 is 1.08 bits per heavy atom. The van der Waals surface area contributed by atoms with Crippen LogP contribution in [0.25, 0.3) is 0 Å². The van der Waals surface area contributed by atoms with E-state index in [9.17, 15) is 4.79 Å². The number of nitrogens with zero attached hydrogens (tertiary/aromatic N) is 4. The summed E-state index contributed by atoms with van der Waals surface area (Å²) in [4.78, 5) is 26.0. The normalized spacial score (nSPS) is 17.7. The van der Waals surface area contributed by atoms with Gasteiger partial charge in [-0.25, -0.2) is 9.97 Å². The molecule has 6 nitrogen and oxygen atoms in total. The Bertz CT molecular complexity index is 784. The molecule has 3 heterocycles. The van der Waals surface area contributed by atoms with E-state index in [1.54, 1.807) is 0 Å². The molecule has 4 rings (SSSR count). The topological polar surface area (TPSA) is 61.4 Å².